The average molecular weight is 525 g/mol. The molecule has 4 aromatic rings. The summed E-state index contributed by atoms with van der Waals surface area (Å²) in [6.45, 7) is 0. The van der Waals surface area contributed by atoms with E-state index in [9.17, 15) is 20.2 Å². The van der Waals surface area contributed by atoms with Crippen molar-refractivity contribution in [3.63, 3.8) is 0 Å². The Labute approximate surface area is 213 Å². The van der Waals surface area contributed by atoms with Gasteiger partial charge in [0.15, 0.2) is 5.13 Å². The number of furan rings is 1. The summed E-state index contributed by atoms with van der Waals surface area (Å²) >= 11 is 13.4. The van der Waals surface area contributed by atoms with E-state index >= 15 is 0 Å². The van der Waals surface area contributed by atoms with E-state index in [1.807, 2.05) is 12.1 Å². The molecule has 4 rings (SSSR count). The molecule has 2 heterocycles. The Hall–Kier alpha value is -3.97. The van der Waals surface area contributed by atoms with Crippen LogP contribution in [0.1, 0.15) is 16.2 Å². The van der Waals surface area contributed by atoms with Gasteiger partial charge < -0.3 is 4.42 Å². The largest absolute Gasteiger partial charge is 0.457 e. The van der Waals surface area contributed by atoms with Crippen LogP contribution in [0.3, 0.4) is 0 Å². The molecule has 0 aliphatic rings. The number of nitriles is 1. The summed E-state index contributed by atoms with van der Waals surface area (Å²) in [4.78, 5) is 28.2. The summed E-state index contributed by atoms with van der Waals surface area (Å²) in [6.07, 6.45) is 3.42. The van der Waals surface area contributed by atoms with Gasteiger partial charge in [-0.1, -0.05) is 41.4 Å². The van der Waals surface area contributed by atoms with E-state index in [4.69, 9.17) is 27.6 Å². The highest BCUT2D eigenvalue weighted by Crippen LogP contribution is 2.28. The van der Waals surface area contributed by atoms with Gasteiger partial charge in [-0.15, -0.1) is 11.3 Å². The molecular weight excluding hydrogens is 511 g/mol. The zero-order valence-electron chi connectivity index (χ0n) is 17.7. The van der Waals surface area contributed by atoms with Crippen LogP contribution in [-0.2, 0) is 11.2 Å². The number of hydrogen-bond donors (Lipinski definition) is 1. The number of amides is 1. The van der Waals surface area contributed by atoms with E-state index in [2.05, 4.69) is 10.3 Å². The lowest BCUT2D eigenvalue weighted by Crippen LogP contribution is -2.13. The van der Waals surface area contributed by atoms with Crippen LogP contribution in [0.4, 0.5) is 10.8 Å². The lowest BCUT2D eigenvalue weighted by Gasteiger charge is -2.02. The number of nitro benzene ring substituents is 1. The monoisotopic (exact) mass is 524 g/mol. The van der Waals surface area contributed by atoms with Gasteiger partial charge in [0.2, 0.25) is 0 Å². The van der Waals surface area contributed by atoms with Gasteiger partial charge in [-0.3, -0.25) is 20.2 Å². The number of carbonyl (C=O) groups is 1. The van der Waals surface area contributed by atoms with Crippen molar-refractivity contribution in [2.75, 3.05) is 5.32 Å². The van der Waals surface area contributed by atoms with E-state index in [0.29, 0.717) is 32.9 Å². The standard InChI is InChI=1S/C24H14Cl2N4O4S/c25-17-5-4-14(21(26)11-17)10-20-13-28-24(35-20)29-23(31)16(12-27)9-19-6-7-22(34-19)15-2-1-3-18(8-15)30(32)33/h1-9,11,13H,10H2,(H,28,29,31)/b16-9-. The molecule has 0 unspecified atom stereocenters. The molecular formula is C24H14Cl2N4O4S. The highest BCUT2D eigenvalue weighted by Gasteiger charge is 2.15. The first-order valence-corrected chi connectivity index (χ1v) is 11.6. The van der Waals surface area contributed by atoms with E-state index in [0.717, 1.165) is 10.4 Å². The predicted molar refractivity (Wildman–Crippen MR) is 134 cm³/mol. The maximum Gasteiger partial charge on any atom is 0.270 e. The number of nitrogens with zero attached hydrogens (tertiary/aromatic N) is 3. The summed E-state index contributed by atoms with van der Waals surface area (Å²) in [7, 11) is 0. The van der Waals surface area contributed by atoms with Gasteiger partial charge in [-0.05, 0) is 29.8 Å². The first kappa shape index (κ1) is 24.2. The smallest absolute Gasteiger partial charge is 0.270 e. The van der Waals surface area contributed by atoms with Gasteiger partial charge >= 0.3 is 0 Å². The quantitative estimate of drug-likeness (QED) is 0.123. The summed E-state index contributed by atoms with van der Waals surface area (Å²) in [6, 6.07) is 16.2. The van der Waals surface area contributed by atoms with Crippen molar-refractivity contribution in [1.82, 2.24) is 4.98 Å². The van der Waals surface area contributed by atoms with Crippen LogP contribution in [0.15, 0.2) is 70.8 Å². The first-order chi connectivity index (χ1) is 16.8. The zero-order chi connectivity index (χ0) is 24.9. The number of benzene rings is 2. The Bertz CT molecular complexity index is 1500. The number of non-ortho nitro benzene ring substituents is 1. The molecule has 0 radical (unpaired) electrons. The van der Waals surface area contributed by atoms with Crippen LogP contribution < -0.4 is 5.32 Å². The lowest BCUT2D eigenvalue weighted by atomic mass is 10.1. The van der Waals surface area contributed by atoms with Crippen molar-refractivity contribution in [3.8, 4) is 17.4 Å². The lowest BCUT2D eigenvalue weighted by molar-refractivity contribution is -0.384. The minimum atomic E-state index is -0.647. The summed E-state index contributed by atoms with van der Waals surface area (Å²) in [5, 5.41) is 24.5. The molecule has 0 bridgehead atoms. The number of anilines is 1. The topological polar surface area (TPSA) is 122 Å². The Morgan fingerprint density at radius 1 is 1.23 bits per heavy atom. The fourth-order valence-electron chi connectivity index (χ4n) is 3.11. The molecule has 11 heteroatoms. The molecule has 0 aliphatic carbocycles. The Morgan fingerprint density at radius 2 is 2.06 bits per heavy atom. The SMILES string of the molecule is N#C/C(=C/c1ccc(-c2cccc([N+](=O)[O-])c2)o1)C(=O)Nc1ncc(Cc2ccc(Cl)cc2Cl)s1. The number of halogens is 2. The van der Waals surface area contributed by atoms with Crippen LogP contribution >= 0.6 is 34.5 Å². The Balaban J connectivity index is 1.46. The fourth-order valence-corrected chi connectivity index (χ4v) is 4.42. The van der Waals surface area contributed by atoms with Crippen molar-refractivity contribution < 1.29 is 14.1 Å². The van der Waals surface area contributed by atoms with Gasteiger partial charge in [0.1, 0.15) is 23.2 Å². The summed E-state index contributed by atoms with van der Waals surface area (Å²) in [5.74, 6) is -0.0373. The first-order valence-electron chi connectivity index (χ1n) is 9.99. The number of rotatable bonds is 7. The molecule has 0 aliphatic heterocycles. The van der Waals surface area contributed by atoms with E-state index in [1.165, 1.54) is 29.5 Å². The van der Waals surface area contributed by atoms with Crippen molar-refractivity contribution in [3.05, 3.63) is 103 Å². The van der Waals surface area contributed by atoms with Crippen molar-refractivity contribution >= 4 is 57.3 Å². The van der Waals surface area contributed by atoms with E-state index in [-0.39, 0.29) is 17.0 Å². The number of carbonyl (C=O) groups excluding carboxylic acids is 1. The fraction of sp³-hybridized carbons (Fsp3) is 0.0417. The molecule has 174 valence electrons. The Kier molecular flexibility index (Phi) is 7.27. The maximum absolute atomic E-state index is 12.6. The second-order valence-electron chi connectivity index (χ2n) is 7.18. The van der Waals surface area contributed by atoms with Gasteiger partial charge in [-0.25, -0.2) is 4.98 Å². The molecule has 2 aromatic heterocycles. The van der Waals surface area contributed by atoms with Gasteiger partial charge in [0, 0.05) is 51.3 Å². The molecule has 0 fully saturated rings. The number of thiazole rings is 1. The van der Waals surface area contributed by atoms with E-state index < -0.39 is 10.8 Å². The molecule has 0 saturated heterocycles. The Morgan fingerprint density at radius 3 is 2.80 bits per heavy atom. The van der Waals surface area contributed by atoms with Crippen LogP contribution in [0.5, 0.6) is 0 Å². The molecule has 0 spiro atoms. The summed E-state index contributed by atoms with van der Waals surface area (Å²) < 4.78 is 5.66. The number of nitrogens with one attached hydrogen (secondary N) is 1. The normalized spacial score (nSPS) is 11.2. The third-order valence-electron chi connectivity index (χ3n) is 4.77. The van der Waals surface area contributed by atoms with Crippen LogP contribution in [-0.4, -0.2) is 15.8 Å². The molecule has 1 amide bonds. The van der Waals surface area contributed by atoms with Crippen molar-refractivity contribution in [2.24, 2.45) is 0 Å². The highest BCUT2D eigenvalue weighted by atomic mass is 35.5. The number of nitro groups is 1. The predicted octanol–water partition coefficient (Wildman–Crippen LogP) is 6.75. The van der Waals surface area contributed by atoms with Gasteiger partial charge in [-0.2, -0.15) is 5.26 Å². The van der Waals surface area contributed by atoms with Gasteiger partial charge in [0.25, 0.3) is 11.6 Å². The number of aromatic nitrogens is 1. The molecule has 0 atom stereocenters. The minimum Gasteiger partial charge on any atom is -0.457 e. The molecule has 1 N–H and O–H groups in total. The van der Waals surface area contributed by atoms with Crippen LogP contribution in [0.25, 0.3) is 17.4 Å². The molecule has 2 aromatic carbocycles. The third kappa shape index (κ3) is 5.94. The molecule has 0 saturated carbocycles. The van der Waals surface area contributed by atoms with Crippen molar-refractivity contribution in [1.29, 1.82) is 5.26 Å². The van der Waals surface area contributed by atoms with Crippen LogP contribution in [0.2, 0.25) is 10.0 Å². The van der Waals surface area contributed by atoms with Gasteiger partial charge in [0.05, 0.1) is 4.92 Å². The minimum absolute atomic E-state index is 0.0748. The van der Waals surface area contributed by atoms with Crippen molar-refractivity contribution in [2.45, 2.75) is 6.42 Å². The zero-order valence-corrected chi connectivity index (χ0v) is 20.0. The second-order valence-corrected chi connectivity index (χ2v) is 9.14. The average Bonchev–Trinajstić information content (AvgIpc) is 3.49. The second kappa shape index (κ2) is 10.5. The third-order valence-corrected chi connectivity index (χ3v) is 6.27. The van der Waals surface area contributed by atoms with Crippen LogP contribution in [0, 0.1) is 21.4 Å². The maximum atomic E-state index is 12.6. The summed E-state index contributed by atoms with van der Waals surface area (Å²) in [5.41, 5.74) is 1.10. The molecule has 35 heavy (non-hydrogen) atoms. The number of hydrogen-bond acceptors (Lipinski definition) is 7. The molecule has 8 nitrogen and oxygen atoms in total. The highest BCUT2D eigenvalue weighted by molar-refractivity contribution is 7.15. The van der Waals surface area contributed by atoms with E-state index in [1.54, 1.807) is 42.6 Å².